The van der Waals surface area contributed by atoms with E-state index in [-0.39, 0.29) is 50.6 Å². The van der Waals surface area contributed by atoms with Gasteiger partial charge >= 0.3 is 12.1 Å². The van der Waals surface area contributed by atoms with Gasteiger partial charge in [-0.3, -0.25) is 9.59 Å². The fraction of sp³-hybridized carbons (Fsp3) is 0.294. The number of piperazine rings is 1. The third-order valence-electron chi connectivity index (χ3n) is 7.96. The van der Waals surface area contributed by atoms with Crippen LogP contribution < -0.4 is 10.1 Å². The van der Waals surface area contributed by atoms with Crippen LogP contribution in [0.2, 0.25) is 0 Å². The van der Waals surface area contributed by atoms with Gasteiger partial charge in [-0.15, -0.1) is 6.58 Å². The summed E-state index contributed by atoms with van der Waals surface area (Å²) in [6, 6.07) is 17.4. The molecular formula is C34H36F2N6O5. The van der Waals surface area contributed by atoms with Gasteiger partial charge in [0, 0.05) is 51.8 Å². The van der Waals surface area contributed by atoms with Crippen molar-refractivity contribution in [3.63, 3.8) is 0 Å². The van der Waals surface area contributed by atoms with Crippen molar-refractivity contribution in [3.8, 4) is 5.75 Å². The van der Waals surface area contributed by atoms with Crippen molar-refractivity contribution in [2.24, 2.45) is 0 Å². The molecule has 47 heavy (non-hydrogen) atoms. The number of fused-ring (bicyclic) bond motifs is 1. The van der Waals surface area contributed by atoms with Gasteiger partial charge in [-0.2, -0.15) is 0 Å². The zero-order valence-corrected chi connectivity index (χ0v) is 26.1. The van der Waals surface area contributed by atoms with E-state index in [9.17, 15) is 28.0 Å². The lowest BCUT2D eigenvalue weighted by Gasteiger charge is -2.55. The Morgan fingerprint density at radius 2 is 1.74 bits per heavy atom. The van der Waals surface area contributed by atoms with Crippen molar-refractivity contribution in [2.75, 3.05) is 33.7 Å². The van der Waals surface area contributed by atoms with Crippen LogP contribution >= 0.6 is 0 Å². The highest BCUT2D eigenvalue weighted by atomic mass is 19.1. The molecule has 0 aromatic heterocycles. The standard InChI is InChI=1S/C34H36F2N6O5/c1-4-16-40-22-31(43)41-29(17-23-10-14-27(15-11-23)47-34(46)38(2)3)32(44)39(20-25-12-13-26(35)18-28(25)36)21-30(41)42(40)33(45)37-19-24-8-6-5-7-9-24/h4-15,18,29-30H,1,16-17,19-22H2,2-3H3,(H,37,45)/t29-,30-/m0/s1. The van der Waals surface area contributed by atoms with Gasteiger partial charge in [0.25, 0.3) is 0 Å². The van der Waals surface area contributed by atoms with Crippen molar-refractivity contribution < 1.29 is 32.7 Å². The van der Waals surface area contributed by atoms with Crippen LogP contribution in [0.25, 0.3) is 0 Å². The molecule has 2 atom stereocenters. The topological polar surface area (TPSA) is 106 Å². The number of rotatable bonds is 9. The minimum atomic E-state index is -1.06. The molecule has 2 aliphatic rings. The molecule has 3 aromatic rings. The van der Waals surface area contributed by atoms with Crippen LogP contribution in [-0.4, -0.2) is 94.6 Å². The van der Waals surface area contributed by atoms with E-state index in [1.54, 1.807) is 49.4 Å². The highest BCUT2D eigenvalue weighted by molar-refractivity contribution is 5.91. The number of urea groups is 1. The summed E-state index contributed by atoms with van der Waals surface area (Å²) in [6.45, 7) is 3.66. The van der Waals surface area contributed by atoms with E-state index in [0.29, 0.717) is 11.3 Å². The van der Waals surface area contributed by atoms with Crippen LogP contribution in [-0.2, 0) is 29.1 Å². The number of hydrogen-bond donors (Lipinski definition) is 1. The van der Waals surface area contributed by atoms with Gasteiger partial charge in [0.05, 0.1) is 13.1 Å². The lowest BCUT2D eigenvalue weighted by molar-refractivity contribution is -0.189. The number of nitrogens with one attached hydrogen (secondary N) is 1. The maximum atomic E-state index is 14.8. The van der Waals surface area contributed by atoms with Gasteiger partial charge in [0.15, 0.2) is 0 Å². The molecule has 2 saturated heterocycles. The molecule has 0 saturated carbocycles. The number of halogens is 2. The Kier molecular flexibility index (Phi) is 10.1. The number of hydrazine groups is 1. The number of carbonyl (C=O) groups is 4. The van der Waals surface area contributed by atoms with E-state index >= 15 is 0 Å². The van der Waals surface area contributed by atoms with Gasteiger partial charge in [-0.1, -0.05) is 54.6 Å². The van der Waals surface area contributed by atoms with Crippen LogP contribution in [0.3, 0.4) is 0 Å². The molecule has 0 radical (unpaired) electrons. The molecule has 5 rings (SSSR count). The predicted octanol–water partition coefficient (Wildman–Crippen LogP) is 3.76. The van der Waals surface area contributed by atoms with Crippen molar-refractivity contribution in [1.82, 2.24) is 30.0 Å². The largest absolute Gasteiger partial charge is 0.414 e. The Balaban J connectivity index is 1.48. The Morgan fingerprint density at radius 1 is 1.02 bits per heavy atom. The number of ether oxygens (including phenoxy) is 1. The molecule has 1 N–H and O–H groups in total. The lowest BCUT2D eigenvalue weighted by Crippen LogP contribution is -2.76. The highest BCUT2D eigenvalue weighted by Gasteiger charge is 2.51. The first-order chi connectivity index (χ1) is 22.5. The monoisotopic (exact) mass is 646 g/mol. The Hall–Kier alpha value is -5.30. The molecule has 11 nitrogen and oxygen atoms in total. The Labute approximate surface area is 271 Å². The second-order valence-corrected chi connectivity index (χ2v) is 11.5. The highest BCUT2D eigenvalue weighted by Crippen LogP contribution is 2.30. The normalized spacial score (nSPS) is 18.1. The van der Waals surface area contributed by atoms with Gasteiger partial charge in [0.2, 0.25) is 11.8 Å². The number of carbonyl (C=O) groups excluding carboxylic acids is 4. The molecular weight excluding hydrogens is 610 g/mol. The lowest BCUT2D eigenvalue weighted by atomic mass is 9.98. The zero-order chi connectivity index (χ0) is 33.7. The van der Waals surface area contributed by atoms with Gasteiger partial charge in [-0.05, 0) is 29.3 Å². The summed E-state index contributed by atoms with van der Waals surface area (Å²) in [7, 11) is 3.12. The fourth-order valence-corrected chi connectivity index (χ4v) is 5.66. The molecule has 13 heteroatoms. The SMILES string of the molecule is C=CCN1CC(=O)N2[C@@H](Cc3ccc(OC(=O)N(C)C)cc3)C(=O)N(Cc3ccc(F)cc3F)C[C@@H]2N1C(=O)NCc1ccccc1. The van der Waals surface area contributed by atoms with E-state index < -0.39 is 41.9 Å². The molecule has 5 amide bonds. The second kappa shape index (κ2) is 14.4. The summed E-state index contributed by atoms with van der Waals surface area (Å²) >= 11 is 0. The molecule has 0 aliphatic carbocycles. The Morgan fingerprint density at radius 3 is 2.40 bits per heavy atom. The molecule has 0 bridgehead atoms. The number of amides is 5. The van der Waals surface area contributed by atoms with E-state index in [4.69, 9.17) is 4.74 Å². The van der Waals surface area contributed by atoms with Gasteiger partial charge in [-0.25, -0.2) is 28.4 Å². The Bertz CT molecular complexity index is 1640. The third kappa shape index (κ3) is 7.58. The minimum absolute atomic E-state index is 0.0618. The second-order valence-electron chi connectivity index (χ2n) is 11.5. The number of hydrogen-bond acceptors (Lipinski definition) is 6. The maximum Gasteiger partial charge on any atom is 0.414 e. The first kappa shape index (κ1) is 33.1. The molecule has 0 spiro atoms. The molecule has 246 valence electrons. The van der Waals surface area contributed by atoms with Crippen molar-refractivity contribution in [1.29, 1.82) is 0 Å². The first-order valence-electron chi connectivity index (χ1n) is 15.0. The maximum absolute atomic E-state index is 14.8. The quantitative estimate of drug-likeness (QED) is 0.355. The molecule has 2 heterocycles. The molecule has 3 aromatic carbocycles. The molecule has 2 fully saturated rings. The average molecular weight is 647 g/mol. The van der Waals surface area contributed by atoms with Crippen molar-refractivity contribution in [2.45, 2.75) is 31.7 Å². The van der Waals surface area contributed by atoms with Crippen molar-refractivity contribution in [3.05, 3.63) is 114 Å². The van der Waals surface area contributed by atoms with Crippen LogP contribution in [0.4, 0.5) is 18.4 Å². The van der Waals surface area contributed by atoms with E-state index in [1.165, 1.54) is 25.8 Å². The van der Waals surface area contributed by atoms with Gasteiger partial charge < -0.3 is 24.8 Å². The number of benzene rings is 3. The predicted molar refractivity (Wildman–Crippen MR) is 168 cm³/mol. The van der Waals surface area contributed by atoms with E-state index in [2.05, 4.69) is 11.9 Å². The fourth-order valence-electron chi connectivity index (χ4n) is 5.66. The molecule has 0 unspecified atom stereocenters. The summed E-state index contributed by atoms with van der Waals surface area (Å²) in [5, 5.41) is 5.90. The van der Waals surface area contributed by atoms with Crippen LogP contribution in [0.15, 0.2) is 85.5 Å². The summed E-state index contributed by atoms with van der Waals surface area (Å²) in [5.41, 5.74) is 1.61. The zero-order valence-electron chi connectivity index (χ0n) is 26.1. The van der Waals surface area contributed by atoms with E-state index in [0.717, 1.165) is 17.7 Å². The van der Waals surface area contributed by atoms with Crippen LogP contribution in [0.1, 0.15) is 16.7 Å². The summed E-state index contributed by atoms with van der Waals surface area (Å²) in [5.74, 6) is -2.09. The van der Waals surface area contributed by atoms with E-state index in [1.807, 2.05) is 30.3 Å². The summed E-state index contributed by atoms with van der Waals surface area (Å²) < 4.78 is 33.8. The minimum Gasteiger partial charge on any atom is -0.410 e. The van der Waals surface area contributed by atoms with Gasteiger partial charge in [0.1, 0.15) is 29.6 Å². The van der Waals surface area contributed by atoms with Crippen molar-refractivity contribution >= 4 is 23.9 Å². The third-order valence-corrected chi connectivity index (χ3v) is 7.96. The van der Waals surface area contributed by atoms with Crippen LogP contribution in [0, 0.1) is 11.6 Å². The average Bonchev–Trinajstić information content (AvgIpc) is 3.04. The smallest absolute Gasteiger partial charge is 0.410 e. The molecule has 2 aliphatic heterocycles. The summed E-state index contributed by atoms with van der Waals surface area (Å²) in [6.07, 6.45) is 0.132. The summed E-state index contributed by atoms with van der Waals surface area (Å²) in [4.78, 5) is 57.8. The first-order valence-corrected chi connectivity index (χ1v) is 15.0. The van der Waals surface area contributed by atoms with Crippen LogP contribution in [0.5, 0.6) is 5.75 Å². The number of nitrogens with zero attached hydrogens (tertiary/aromatic N) is 5.